The highest BCUT2D eigenvalue weighted by Crippen LogP contribution is 2.25. The largest absolute Gasteiger partial charge is 0.342 e. The van der Waals surface area contributed by atoms with Gasteiger partial charge in [0.15, 0.2) is 0 Å². The number of carbonyl (C=O) groups excluding carboxylic acids is 3. The monoisotopic (exact) mass is 487 g/mol. The fraction of sp³-hybridized carbons (Fsp3) is 0.357. The molecule has 36 heavy (non-hydrogen) atoms. The van der Waals surface area contributed by atoms with Crippen molar-refractivity contribution in [3.8, 4) is 0 Å². The summed E-state index contributed by atoms with van der Waals surface area (Å²) in [7, 11) is 1.80. The first-order chi connectivity index (χ1) is 17.4. The number of allylic oxidation sites excluding steroid dienone is 1. The number of piperazine rings is 1. The quantitative estimate of drug-likeness (QED) is 0.633. The summed E-state index contributed by atoms with van der Waals surface area (Å²) in [6, 6.07) is 11.7. The maximum atomic E-state index is 12.8. The molecule has 1 aromatic heterocycles. The molecule has 4 rings (SSSR count). The normalized spacial score (nSPS) is 18.3. The Bertz CT molecular complexity index is 1190. The molecule has 1 aromatic carbocycles. The Labute approximate surface area is 212 Å². The summed E-state index contributed by atoms with van der Waals surface area (Å²) in [6.07, 6.45) is 7.84. The molecule has 1 fully saturated rings. The number of nitrogens with zero attached hydrogens (tertiary/aromatic N) is 4. The van der Waals surface area contributed by atoms with Crippen LogP contribution in [0.15, 0.2) is 54.7 Å². The van der Waals surface area contributed by atoms with Crippen molar-refractivity contribution < 1.29 is 14.4 Å². The fourth-order valence-electron chi connectivity index (χ4n) is 4.62. The summed E-state index contributed by atoms with van der Waals surface area (Å²) in [5.74, 6) is 0.279. The molecule has 2 aliphatic heterocycles. The summed E-state index contributed by atoms with van der Waals surface area (Å²) in [6.45, 7) is 6.31. The van der Waals surface area contributed by atoms with Crippen LogP contribution in [0.5, 0.6) is 0 Å². The Kier molecular flexibility index (Phi) is 7.95. The number of fused-ring (bicyclic) bond motifs is 2. The van der Waals surface area contributed by atoms with Gasteiger partial charge in [0.25, 0.3) is 0 Å². The molecular formula is C28H33N5O3. The van der Waals surface area contributed by atoms with Crippen molar-refractivity contribution in [3.05, 3.63) is 71.4 Å². The topological polar surface area (TPSA) is 85.9 Å². The molecule has 188 valence electrons. The third kappa shape index (κ3) is 5.88. The first-order valence-corrected chi connectivity index (χ1v) is 12.3. The van der Waals surface area contributed by atoms with Crippen LogP contribution in [0.4, 0.5) is 5.82 Å². The van der Waals surface area contributed by atoms with Crippen LogP contribution < -0.4 is 5.32 Å². The predicted molar refractivity (Wildman–Crippen MR) is 141 cm³/mol. The van der Waals surface area contributed by atoms with Crippen molar-refractivity contribution in [2.45, 2.75) is 32.9 Å². The zero-order chi connectivity index (χ0) is 25.7. The maximum Gasteiger partial charge on any atom is 0.246 e. The van der Waals surface area contributed by atoms with E-state index in [0.717, 1.165) is 17.5 Å². The van der Waals surface area contributed by atoms with Crippen molar-refractivity contribution in [2.24, 2.45) is 0 Å². The zero-order valence-electron chi connectivity index (χ0n) is 21.1. The molecule has 1 unspecified atom stereocenters. The highest BCUT2D eigenvalue weighted by molar-refractivity contribution is 5.96. The van der Waals surface area contributed by atoms with Crippen LogP contribution in [0.25, 0.3) is 11.6 Å². The van der Waals surface area contributed by atoms with E-state index in [-0.39, 0.29) is 17.7 Å². The van der Waals surface area contributed by atoms with E-state index in [0.29, 0.717) is 38.5 Å². The number of nitrogens with one attached hydrogen (secondary N) is 1. The molecule has 2 aliphatic rings. The van der Waals surface area contributed by atoms with Crippen molar-refractivity contribution in [1.82, 2.24) is 19.7 Å². The first-order valence-electron chi connectivity index (χ1n) is 12.3. The highest BCUT2D eigenvalue weighted by Gasteiger charge is 2.36. The Morgan fingerprint density at radius 1 is 1.22 bits per heavy atom. The number of benzene rings is 1. The molecule has 1 saturated heterocycles. The van der Waals surface area contributed by atoms with Gasteiger partial charge in [-0.2, -0.15) is 0 Å². The average Bonchev–Trinajstić information content (AvgIpc) is 3.02. The van der Waals surface area contributed by atoms with Gasteiger partial charge in [-0.3, -0.25) is 19.3 Å². The van der Waals surface area contributed by atoms with Gasteiger partial charge < -0.3 is 15.1 Å². The van der Waals surface area contributed by atoms with Gasteiger partial charge in [-0.15, -0.1) is 0 Å². The maximum absolute atomic E-state index is 12.8. The van der Waals surface area contributed by atoms with Gasteiger partial charge in [-0.1, -0.05) is 36.4 Å². The molecule has 1 N–H and O–H groups in total. The lowest BCUT2D eigenvalue weighted by molar-refractivity contribution is -0.134. The number of amides is 3. The number of likely N-dealkylation sites (N-methyl/N-ethyl adjacent to an activating group) is 1. The molecule has 0 aliphatic carbocycles. The number of anilines is 1. The van der Waals surface area contributed by atoms with Crippen LogP contribution in [-0.2, 0) is 20.9 Å². The summed E-state index contributed by atoms with van der Waals surface area (Å²) < 4.78 is 0. The molecule has 3 amide bonds. The second-order valence-electron chi connectivity index (χ2n) is 9.24. The fourth-order valence-corrected chi connectivity index (χ4v) is 4.62. The Morgan fingerprint density at radius 2 is 2.00 bits per heavy atom. The van der Waals surface area contributed by atoms with Gasteiger partial charge in [-0.05, 0) is 42.2 Å². The second-order valence-corrected chi connectivity index (χ2v) is 9.24. The molecule has 2 aromatic rings. The molecule has 0 radical (unpaired) electrons. The number of carbonyl (C=O) groups is 3. The van der Waals surface area contributed by atoms with Crippen molar-refractivity contribution in [1.29, 1.82) is 0 Å². The van der Waals surface area contributed by atoms with Gasteiger partial charge in [-0.25, -0.2) is 4.98 Å². The van der Waals surface area contributed by atoms with Crippen molar-refractivity contribution >= 4 is 35.2 Å². The number of aromatic nitrogens is 1. The molecule has 8 heteroatoms. The van der Waals surface area contributed by atoms with Gasteiger partial charge in [0, 0.05) is 64.5 Å². The molecule has 0 spiro atoms. The molecule has 8 nitrogen and oxygen atoms in total. The minimum atomic E-state index is -0.399. The Morgan fingerprint density at radius 3 is 2.72 bits per heavy atom. The van der Waals surface area contributed by atoms with Gasteiger partial charge in [0.05, 0.1) is 0 Å². The summed E-state index contributed by atoms with van der Waals surface area (Å²) in [5, 5.41) is 2.90. The van der Waals surface area contributed by atoms with Crippen LogP contribution in [0.3, 0.4) is 0 Å². The molecule has 1 atom stereocenters. The lowest BCUT2D eigenvalue weighted by Gasteiger charge is -2.38. The number of hydrogen-bond donors (Lipinski definition) is 1. The standard InChI is InChI=1S/C28H33N5O3/c1-4-22(23-8-6-5-7-9-23)12-13-31(3)26(35)11-10-21-16-24-18-33-15-14-32(20(2)34)19-25(33)28(36)30-27(24)29-17-21/h4-11,16-17,25H,12-15,18-19H2,1-3H3,(H,29,30,36). The third-order valence-corrected chi connectivity index (χ3v) is 6.85. The summed E-state index contributed by atoms with van der Waals surface area (Å²) in [4.78, 5) is 47.2. The third-order valence-electron chi connectivity index (χ3n) is 6.85. The lowest BCUT2D eigenvalue weighted by atomic mass is 10.0. The van der Waals surface area contributed by atoms with E-state index >= 15 is 0 Å². The second kappa shape index (κ2) is 11.3. The summed E-state index contributed by atoms with van der Waals surface area (Å²) >= 11 is 0. The van der Waals surface area contributed by atoms with Crippen LogP contribution in [0.1, 0.15) is 37.0 Å². The van der Waals surface area contributed by atoms with Crippen LogP contribution >= 0.6 is 0 Å². The molecule has 0 bridgehead atoms. The van der Waals surface area contributed by atoms with E-state index in [1.165, 1.54) is 18.1 Å². The molecule has 0 saturated carbocycles. The molecular weight excluding hydrogens is 454 g/mol. The zero-order valence-corrected chi connectivity index (χ0v) is 21.1. The number of pyridine rings is 1. The Hall–Kier alpha value is -3.78. The average molecular weight is 488 g/mol. The van der Waals surface area contributed by atoms with Gasteiger partial charge in [0.1, 0.15) is 11.9 Å². The Balaban J connectivity index is 1.38. The van der Waals surface area contributed by atoms with E-state index in [1.807, 2.05) is 31.2 Å². The van der Waals surface area contributed by atoms with Crippen LogP contribution in [-0.4, -0.2) is 76.7 Å². The molecule has 3 heterocycles. The number of hydrogen-bond acceptors (Lipinski definition) is 5. The van der Waals surface area contributed by atoms with Crippen LogP contribution in [0.2, 0.25) is 0 Å². The van der Waals surface area contributed by atoms with E-state index < -0.39 is 6.04 Å². The SMILES string of the molecule is CC=C(CCN(C)C(=O)C=Cc1cnc2c(c1)CN1CCN(C(C)=O)CC1C(=O)N2)c1ccccc1. The van der Waals surface area contributed by atoms with E-state index in [1.54, 1.807) is 35.2 Å². The number of rotatable bonds is 6. The highest BCUT2D eigenvalue weighted by atomic mass is 16.2. The van der Waals surface area contributed by atoms with Crippen molar-refractivity contribution in [2.75, 3.05) is 38.5 Å². The summed E-state index contributed by atoms with van der Waals surface area (Å²) in [5.41, 5.74) is 4.07. The minimum absolute atomic E-state index is 0.0219. The first kappa shape index (κ1) is 25.3. The van der Waals surface area contributed by atoms with Gasteiger partial charge >= 0.3 is 0 Å². The van der Waals surface area contributed by atoms with E-state index in [4.69, 9.17) is 0 Å². The van der Waals surface area contributed by atoms with Gasteiger partial charge in [0.2, 0.25) is 17.7 Å². The lowest BCUT2D eigenvalue weighted by Crippen LogP contribution is -2.57. The van der Waals surface area contributed by atoms with Crippen molar-refractivity contribution in [3.63, 3.8) is 0 Å². The van der Waals surface area contributed by atoms with E-state index in [9.17, 15) is 14.4 Å². The predicted octanol–water partition coefficient (Wildman–Crippen LogP) is 3.03. The minimum Gasteiger partial charge on any atom is -0.342 e. The smallest absolute Gasteiger partial charge is 0.246 e. The van der Waals surface area contributed by atoms with E-state index in [2.05, 4.69) is 33.4 Å². The van der Waals surface area contributed by atoms with Crippen LogP contribution in [0, 0.1) is 0 Å².